The van der Waals surface area contributed by atoms with Crippen molar-refractivity contribution in [2.45, 2.75) is 49.7 Å². The summed E-state index contributed by atoms with van der Waals surface area (Å²) in [7, 11) is 2.11. The summed E-state index contributed by atoms with van der Waals surface area (Å²) in [4.78, 5) is 22.7. The summed E-state index contributed by atoms with van der Waals surface area (Å²) in [5.74, 6) is -0.0468. The number of nitriles is 1. The molecule has 38 heavy (non-hydrogen) atoms. The Kier molecular flexibility index (Phi) is 5.70. The molecule has 1 saturated carbocycles. The third kappa shape index (κ3) is 3.67. The van der Waals surface area contributed by atoms with Crippen LogP contribution in [0.4, 0.5) is 24.5 Å². The van der Waals surface area contributed by atoms with E-state index in [1.165, 1.54) is 6.07 Å². The molecule has 196 valence electrons. The first-order chi connectivity index (χ1) is 18.1. The van der Waals surface area contributed by atoms with E-state index in [0.29, 0.717) is 24.4 Å². The highest BCUT2D eigenvalue weighted by Gasteiger charge is 2.59. The molecule has 3 aromatic rings. The van der Waals surface area contributed by atoms with Crippen LogP contribution in [0.25, 0.3) is 10.9 Å². The maximum absolute atomic E-state index is 13.8. The molecule has 2 aromatic heterocycles. The highest BCUT2D eigenvalue weighted by molar-refractivity contribution is 7.81. The maximum Gasteiger partial charge on any atom is 0.419 e. The molecule has 1 spiro atoms. The standard InChI is InChI=1S/C26H24F3N7OS/c1-34-9-5-15(6-10-34)22-18-11-16(3-4-20(18)32-33-22)36-24(38)35(23(37)25(36)7-2-8-25)17-12-19(26(27,28)29)21(13-30)31-14-17/h3-4,11-12,14-15H,2,5-10H2,1H3,(H,32,33). The van der Waals surface area contributed by atoms with E-state index in [2.05, 4.69) is 27.1 Å². The molecular formula is C26H24F3N7OS. The predicted molar refractivity (Wildman–Crippen MR) is 139 cm³/mol. The van der Waals surface area contributed by atoms with Gasteiger partial charge in [0.2, 0.25) is 0 Å². The van der Waals surface area contributed by atoms with Crippen molar-refractivity contribution in [3.05, 3.63) is 47.4 Å². The monoisotopic (exact) mass is 539 g/mol. The lowest BCUT2D eigenvalue weighted by Gasteiger charge is -2.43. The van der Waals surface area contributed by atoms with Gasteiger partial charge in [0.05, 0.1) is 23.0 Å². The molecule has 0 bridgehead atoms. The highest BCUT2D eigenvalue weighted by Crippen LogP contribution is 2.49. The van der Waals surface area contributed by atoms with Gasteiger partial charge in [0.15, 0.2) is 10.8 Å². The lowest BCUT2D eigenvalue weighted by atomic mass is 9.75. The second kappa shape index (κ2) is 8.74. The molecule has 8 nitrogen and oxygen atoms in total. The molecule has 1 aromatic carbocycles. The van der Waals surface area contributed by atoms with Crippen molar-refractivity contribution in [2.75, 3.05) is 29.9 Å². The number of thiocarbonyl (C=S) groups is 1. The maximum atomic E-state index is 13.8. The van der Waals surface area contributed by atoms with Crippen molar-refractivity contribution in [1.29, 1.82) is 5.26 Å². The number of aromatic amines is 1. The van der Waals surface area contributed by atoms with Gasteiger partial charge in [-0.05, 0) is 88.7 Å². The minimum Gasteiger partial charge on any atom is -0.306 e. The van der Waals surface area contributed by atoms with Gasteiger partial charge < -0.3 is 9.80 Å². The number of carbonyl (C=O) groups excluding carboxylic acids is 1. The number of rotatable bonds is 3. The van der Waals surface area contributed by atoms with E-state index in [1.54, 1.807) is 4.90 Å². The molecule has 3 fully saturated rings. The van der Waals surface area contributed by atoms with Gasteiger partial charge in [-0.1, -0.05) is 0 Å². The Labute approximate surface area is 222 Å². The Morgan fingerprint density at radius 1 is 1.18 bits per heavy atom. The van der Waals surface area contributed by atoms with Gasteiger partial charge in [-0.2, -0.15) is 23.5 Å². The summed E-state index contributed by atoms with van der Waals surface area (Å²) >= 11 is 5.75. The number of alkyl halides is 3. The van der Waals surface area contributed by atoms with Gasteiger partial charge in [0, 0.05) is 22.7 Å². The molecule has 1 N–H and O–H groups in total. The Hall–Kier alpha value is -3.56. The summed E-state index contributed by atoms with van der Waals surface area (Å²) in [5.41, 5.74) is -0.448. The largest absolute Gasteiger partial charge is 0.419 e. The number of pyridine rings is 1. The molecule has 2 aliphatic heterocycles. The third-order valence-electron chi connectivity index (χ3n) is 8.09. The second-order valence-corrected chi connectivity index (χ2v) is 10.6. The van der Waals surface area contributed by atoms with Gasteiger partial charge in [-0.25, -0.2) is 4.98 Å². The number of anilines is 2. The van der Waals surface area contributed by atoms with Crippen molar-refractivity contribution in [3.63, 3.8) is 0 Å². The molecular weight excluding hydrogens is 515 g/mol. The first-order valence-corrected chi connectivity index (χ1v) is 12.9. The zero-order valence-electron chi connectivity index (χ0n) is 20.5. The normalized spacial score (nSPS) is 20.4. The zero-order chi connectivity index (χ0) is 26.8. The second-order valence-electron chi connectivity index (χ2n) is 10.3. The lowest BCUT2D eigenvalue weighted by Crippen LogP contribution is -2.55. The van der Waals surface area contributed by atoms with Crippen LogP contribution in [0.15, 0.2) is 30.5 Å². The number of hydrogen-bond acceptors (Lipinski definition) is 6. The number of amides is 1. The molecule has 1 amide bonds. The van der Waals surface area contributed by atoms with Crippen molar-refractivity contribution < 1.29 is 18.0 Å². The summed E-state index contributed by atoms with van der Waals surface area (Å²) in [6, 6.07) is 7.97. The molecule has 12 heteroatoms. The number of halogens is 3. The summed E-state index contributed by atoms with van der Waals surface area (Å²) in [6.07, 6.45) is 0.168. The van der Waals surface area contributed by atoms with Crippen molar-refractivity contribution in [1.82, 2.24) is 20.1 Å². The summed E-state index contributed by atoms with van der Waals surface area (Å²) in [5, 5.41) is 17.9. The number of nitrogens with zero attached hydrogens (tertiary/aromatic N) is 6. The van der Waals surface area contributed by atoms with E-state index in [-0.39, 0.29) is 16.7 Å². The number of H-pyrrole nitrogens is 1. The minimum absolute atomic E-state index is 0.0954. The minimum atomic E-state index is -4.80. The van der Waals surface area contributed by atoms with Crippen LogP contribution in [0.1, 0.15) is 55.0 Å². The van der Waals surface area contributed by atoms with Crippen LogP contribution in [-0.2, 0) is 11.0 Å². The number of fused-ring (bicyclic) bond motifs is 1. The molecule has 0 atom stereocenters. The number of hydrogen-bond donors (Lipinski definition) is 1. The van der Waals surface area contributed by atoms with Crippen LogP contribution < -0.4 is 9.80 Å². The van der Waals surface area contributed by atoms with E-state index >= 15 is 0 Å². The average Bonchev–Trinajstić information content (AvgIpc) is 3.39. The van der Waals surface area contributed by atoms with Gasteiger partial charge in [-0.3, -0.25) is 14.8 Å². The number of nitrogens with one attached hydrogen (secondary N) is 1. The molecule has 6 rings (SSSR count). The molecule has 2 saturated heterocycles. The first-order valence-electron chi connectivity index (χ1n) is 12.5. The molecule has 0 unspecified atom stereocenters. The quantitative estimate of drug-likeness (QED) is 0.482. The van der Waals surface area contributed by atoms with E-state index in [0.717, 1.165) is 66.1 Å². The number of aromatic nitrogens is 3. The lowest BCUT2D eigenvalue weighted by molar-refractivity contribution is -0.138. The van der Waals surface area contributed by atoms with Gasteiger partial charge in [-0.15, -0.1) is 0 Å². The predicted octanol–water partition coefficient (Wildman–Crippen LogP) is 4.72. The van der Waals surface area contributed by atoms with E-state index in [9.17, 15) is 18.0 Å². The highest BCUT2D eigenvalue weighted by atomic mass is 32.1. The summed E-state index contributed by atoms with van der Waals surface area (Å²) < 4.78 is 40.9. The fourth-order valence-corrected chi connectivity index (χ4v) is 6.32. The van der Waals surface area contributed by atoms with E-state index in [4.69, 9.17) is 17.5 Å². The molecule has 4 heterocycles. The van der Waals surface area contributed by atoms with Crippen LogP contribution in [-0.4, -0.2) is 56.8 Å². The Balaban J connectivity index is 1.41. The number of benzene rings is 1. The van der Waals surface area contributed by atoms with Crippen LogP contribution >= 0.6 is 12.2 Å². The Morgan fingerprint density at radius 3 is 2.55 bits per heavy atom. The van der Waals surface area contributed by atoms with Crippen molar-refractivity contribution in [3.8, 4) is 6.07 Å². The molecule has 1 aliphatic carbocycles. The van der Waals surface area contributed by atoms with Crippen LogP contribution in [0.3, 0.4) is 0 Å². The van der Waals surface area contributed by atoms with E-state index in [1.807, 2.05) is 18.2 Å². The smallest absolute Gasteiger partial charge is 0.306 e. The average molecular weight is 540 g/mol. The van der Waals surface area contributed by atoms with Crippen LogP contribution in [0, 0.1) is 11.3 Å². The van der Waals surface area contributed by atoms with Crippen LogP contribution in [0.5, 0.6) is 0 Å². The third-order valence-corrected chi connectivity index (χ3v) is 8.45. The first kappa shape index (κ1) is 24.8. The van der Waals surface area contributed by atoms with Crippen molar-refractivity contribution in [2.24, 2.45) is 0 Å². The topological polar surface area (TPSA) is 92.2 Å². The van der Waals surface area contributed by atoms with Gasteiger partial charge >= 0.3 is 6.18 Å². The van der Waals surface area contributed by atoms with Gasteiger partial charge in [0.1, 0.15) is 11.6 Å². The van der Waals surface area contributed by atoms with Gasteiger partial charge in [0.25, 0.3) is 5.91 Å². The number of likely N-dealkylation sites (tertiary alicyclic amines) is 1. The fourth-order valence-electron chi connectivity index (χ4n) is 5.85. The molecule has 3 aliphatic rings. The Bertz CT molecular complexity index is 1500. The fraction of sp³-hybridized carbons (Fsp3) is 0.423. The molecule has 0 radical (unpaired) electrons. The number of piperidine rings is 1. The summed E-state index contributed by atoms with van der Waals surface area (Å²) in [6.45, 7) is 1.98. The van der Waals surface area contributed by atoms with Crippen molar-refractivity contribution >= 4 is 45.5 Å². The number of carbonyl (C=O) groups is 1. The van der Waals surface area contributed by atoms with Crippen LogP contribution in [0.2, 0.25) is 0 Å². The zero-order valence-corrected chi connectivity index (χ0v) is 21.4. The SMILES string of the molecule is CN1CCC(c2[nH]nc3ccc(N4C(=S)N(c5cnc(C#N)c(C(F)(F)F)c5)C(=O)C45CCC5)cc23)CC1. The Morgan fingerprint density at radius 2 is 1.92 bits per heavy atom. The van der Waals surface area contributed by atoms with E-state index < -0.39 is 23.0 Å².